The predicted octanol–water partition coefficient (Wildman–Crippen LogP) is 5.31. The number of carboxylic acid groups (broad SMARTS) is 1. The number of rotatable bonds is 9. The molecule has 0 aliphatic rings. The maximum absolute atomic E-state index is 13.3. The van der Waals surface area contributed by atoms with Gasteiger partial charge in [0.05, 0.1) is 16.3 Å². The lowest BCUT2D eigenvalue weighted by atomic mass is 9.94. The number of aromatic carboxylic acids is 1. The standard InChI is InChI=1S/C29H29N3O5S/c1-4-17-32-27(26(29(34)35)19(3)30-32)24-16-15-22(18-20(24)5-2)23-13-9-10-14-25(23)38(36,37)31-28(33)21-11-7-6-8-12-21/h6-16,18H,4-5,17H2,1-3H3,(H,31,33)(H,34,35). The number of carbonyl (C=O) groups is 2. The Morgan fingerprint density at radius 3 is 2.29 bits per heavy atom. The Balaban J connectivity index is 1.80. The number of carboxylic acids is 1. The number of nitrogens with zero attached hydrogens (tertiary/aromatic N) is 2. The normalized spacial score (nSPS) is 11.3. The first-order chi connectivity index (χ1) is 18.2. The molecule has 0 radical (unpaired) electrons. The number of sulfonamides is 1. The van der Waals surface area contributed by atoms with Crippen LogP contribution in [-0.2, 0) is 23.0 Å². The summed E-state index contributed by atoms with van der Waals surface area (Å²) in [7, 11) is -4.19. The average Bonchev–Trinajstić information content (AvgIpc) is 3.24. The smallest absolute Gasteiger partial charge is 0.339 e. The summed E-state index contributed by atoms with van der Waals surface area (Å²) >= 11 is 0. The second kappa shape index (κ2) is 11.0. The molecule has 0 aliphatic carbocycles. The molecule has 8 nitrogen and oxygen atoms in total. The minimum absolute atomic E-state index is 0.0304. The summed E-state index contributed by atoms with van der Waals surface area (Å²) in [4.78, 5) is 24.7. The zero-order valence-electron chi connectivity index (χ0n) is 21.4. The van der Waals surface area contributed by atoms with E-state index in [1.807, 2.05) is 26.0 Å². The molecule has 196 valence electrons. The lowest BCUT2D eigenvalue weighted by Crippen LogP contribution is -2.30. The minimum Gasteiger partial charge on any atom is -0.478 e. The van der Waals surface area contributed by atoms with Gasteiger partial charge in [-0.3, -0.25) is 9.48 Å². The molecule has 1 amide bonds. The van der Waals surface area contributed by atoms with E-state index in [1.54, 1.807) is 66.2 Å². The summed E-state index contributed by atoms with van der Waals surface area (Å²) in [6.07, 6.45) is 1.37. The predicted molar refractivity (Wildman–Crippen MR) is 146 cm³/mol. The van der Waals surface area contributed by atoms with Crippen molar-refractivity contribution in [2.45, 2.75) is 45.1 Å². The van der Waals surface area contributed by atoms with E-state index in [9.17, 15) is 23.1 Å². The lowest BCUT2D eigenvalue weighted by molar-refractivity contribution is 0.0696. The van der Waals surface area contributed by atoms with Crippen LogP contribution in [0.1, 0.15) is 52.2 Å². The molecule has 0 atom stereocenters. The van der Waals surface area contributed by atoms with E-state index in [-0.39, 0.29) is 16.0 Å². The van der Waals surface area contributed by atoms with E-state index in [2.05, 4.69) is 9.82 Å². The third kappa shape index (κ3) is 5.24. The first kappa shape index (κ1) is 26.8. The Labute approximate surface area is 222 Å². The highest BCUT2D eigenvalue weighted by atomic mass is 32.2. The summed E-state index contributed by atoms with van der Waals surface area (Å²) in [5.41, 5.74) is 4.02. The van der Waals surface area contributed by atoms with Crippen LogP contribution in [0.15, 0.2) is 77.7 Å². The van der Waals surface area contributed by atoms with E-state index in [0.29, 0.717) is 35.5 Å². The summed E-state index contributed by atoms with van der Waals surface area (Å²) in [6, 6.07) is 20.1. The second-order valence-electron chi connectivity index (χ2n) is 8.86. The van der Waals surface area contributed by atoms with Crippen molar-refractivity contribution < 1.29 is 23.1 Å². The van der Waals surface area contributed by atoms with Crippen LogP contribution in [0.2, 0.25) is 0 Å². The topological polar surface area (TPSA) is 118 Å². The Hall–Kier alpha value is -4.24. The van der Waals surface area contributed by atoms with Crippen LogP contribution in [0, 0.1) is 6.92 Å². The van der Waals surface area contributed by atoms with Gasteiger partial charge in [-0.25, -0.2) is 17.9 Å². The van der Waals surface area contributed by atoms with Crippen molar-refractivity contribution in [2.24, 2.45) is 0 Å². The minimum atomic E-state index is -4.19. The van der Waals surface area contributed by atoms with Crippen molar-refractivity contribution in [1.29, 1.82) is 0 Å². The van der Waals surface area contributed by atoms with Gasteiger partial charge in [0.15, 0.2) is 0 Å². The molecule has 1 heterocycles. The maximum Gasteiger partial charge on any atom is 0.339 e. The fraction of sp³-hybridized carbons (Fsp3) is 0.207. The molecule has 4 aromatic rings. The van der Waals surface area contributed by atoms with Crippen LogP contribution in [-0.4, -0.2) is 35.2 Å². The van der Waals surface area contributed by atoms with Gasteiger partial charge >= 0.3 is 5.97 Å². The summed E-state index contributed by atoms with van der Waals surface area (Å²) in [5, 5.41) is 14.4. The van der Waals surface area contributed by atoms with Crippen molar-refractivity contribution in [3.63, 3.8) is 0 Å². The summed E-state index contributed by atoms with van der Waals surface area (Å²) < 4.78 is 30.5. The van der Waals surface area contributed by atoms with Gasteiger partial charge in [-0.1, -0.05) is 68.4 Å². The Bertz CT molecular complexity index is 1610. The average molecular weight is 532 g/mol. The number of aryl methyl sites for hydroxylation is 3. The molecule has 0 saturated carbocycles. The molecule has 38 heavy (non-hydrogen) atoms. The van der Waals surface area contributed by atoms with E-state index in [0.717, 1.165) is 17.5 Å². The van der Waals surface area contributed by atoms with Crippen molar-refractivity contribution in [2.75, 3.05) is 0 Å². The Kier molecular flexibility index (Phi) is 7.78. The molecule has 0 fully saturated rings. The monoisotopic (exact) mass is 531 g/mol. The van der Waals surface area contributed by atoms with E-state index in [4.69, 9.17) is 0 Å². The molecule has 0 saturated heterocycles. The maximum atomic E-state index is 13.3. The van der Waals surface area contributed by atoms with Crippen LogP contribution < -0.4 is 4.72 Å². The number of aromatic nitrogens is 2. The molecule has 2 N–H and O–H groups in total. The fourth-order valence-corrected chi connectivity index (χ4v) is 5.74. The third-order valence-electron chi connectivity index (χ3n) is 6.27. The van der Waals surface area contributed by atoms with Crippen LogP contribution in [0.4, 0.5) is 0 Å². The summed E-state index contributed by atoms with van der Waals surface area (Å²) in [5.74, 6) is -1.76. The molecule has 1 aromatic heterocycles. The number of hydrogen-bond donors (Lipinski definition) is 2. The van der Waals surface area contributed by atoms with Gasteiger partial charge in [-0.15, -0.1) is 0 Å². The largest absolute Gasteiger partial charge is 0.478 e. The number of benzene rings is 3. The zero-order chi connectivity index (χ0) is 27.4. The highest BCUT2D eigenvalue weighted by molar-refractivity contribution is 7.90. The van der Waals surface area contributed by atoms with Gasteiger partial charge in [0.25, 0.3) is 15.9 Å². The van der Waals surface area contributed by atoms with Gasteiger partial charge in [0.1, 0.15) is 5.56 Å². The van der Waals surface area contributed by atoms with Crippen LogP contribution in [0.25, 0.3) is 22.4 Å². The van der Waals surface area contributed by atoms with Crippen molar-refractivity contribution in [3.8, 4) is 22.4 Å². The summed E-state index contributed by atoms with van der Waals surface area (Å²) in [6.45, 7) is 6.21. The molecular weight excluding hydrogens is 502 g/mol. The van der Waals surface area contributed by atoms with Gasteiger partial charge < -0.3 is 5.11 Å². The van der Waals surface area contributed by atoms with E-state index < -0.39 is 21.9 Å². The Morgan fingerprint density at radius 2 is 1.63 bits per heavy atom. The van der Waals surface area contributed by atoms with E-state index >= 15 is 0 Å². The molecule has 0 aliphatic heterocycles. The van der Waals surface area contributed by atoms with E-state index in [1.165, 1.54) is 6.07 Å². The highest BCUT2D eigenvalue weighted by Gasteiger charge is 2.26. The van der Waals surface area contributed by atoms with Crippen LogP contribution in [0.5, 0.6) is 0 Å². The van der Waals surface area contributed by atoms with Gasteiger partial charge in [0, 0.05) is 23.2 Å². The molecule has 4 rings (SSSR count). The highest BCUT2D eigenvalue weighted by Crippen LogP contribution is 2.35. The number of hydrogen-bond acceptors (Lipinski definition) is 5. The quantitative estimate of drug-likeness (QED) is 0.302. The van der Waals surface area contributed by atoms with Crippen LogP contribution >= 0.6 is 0 Å². The molecule has 0 unspecified atom stereocenters. The number of nitrogens with one attached hydrogen (secondary N) is 1. The zero-order valence-corrected chi connectivity index (χ0v) is 22.2. The Morgan fingerprint density at radius 1 is 0.947 bits per heavy atom. The third-order valence-corrected chi connectivity index (χ3v) is 7.66. The molecule has 0 bridgehead atoms. The lowest BCUT2D eigenvalue weighted by Gasteiger charge is -2.16. The van der Waals surface area contributed by atoms with Crippen LogP contribution in [0.3, 0.4) is 0 Å². The molecule has 3 aromatic carbocycles. The molecule has 0 spiro atoms. The van der Waals surface area contributed by atoms with Gasteiger partial charge in [0.2, 0.25) is 0 Å². The first-order valence-corrected chi connectivity index (χ1v) is 13.8. The van der Waals surface area contributed by atoms with Crippen molar-refractivity contribution in [3.05, 3.63) is 95.2 Å². The van der Waals surface area contributed by atoms with Crippen molar-refractivity contribution >= 4 is 21.9 Å². The molecular formula is C29H29N3O5S. The first-order valence-electron chi connectivity index (χ1n) is 12.3. The number of amides is 1. The molecule has 9 heteroatoms. The fourth-order valence-electron chi connectivity index (χ4n) is 4.53. The van der Waals surface area contributed by atoms with Gasteiger partial charge in [-0.05, 0) is 49.1 Å². The second-order valence-corrected chi connectivity index (χ2v) is 10.5. The number of carbonyl (C=O) groups excluding carboxylic acids is 1. The van der Waals surface area contributed by atoms with Crippen molar-refractivity contribution in [1.82, 2.24) is 14.5 Å². The SMILES string of the molecule is CCCn1nc(C)c(C(=O)O)c1-c1ccc(-c2ccccc2S(=O)(=O)NC(=O)c2ccccc2)cc1CC. The van der Waals surface area contributed by atoms with Gasteiger partial charge in [-0.2, -0.15) is 5.10 Å².